The molecule has 0 aromatic carbocycles. The van der Waals surface area contributed by atoms with Crippen molar-refractivity contribution in [3.05, 3.63) is 11.6 Å². The largest absolute Gasteiger partial charge is 0.462 e. The lowest BCUT2D eigenvalue weighted by Gasteiger charge is -2.63. The Labute approximate surface area is 210 Å². The normalized spacial score (nSPS) is 49.1. The fourth-order valence-electron chi connectivity index (χ4n) is 11.5. The molecule has 2 nitrogen and oxygen atoms in total. The van der Waals surface area contributed by atoms with Gasteiger partial charge < -0.3 is 4.74 Å². The van der Waals surface area contributed by atoms with Crippen molar-refractivity contribution < 1.29 is 9.53 Å². The minimum atomic E-state index is -0.0927. The second-order valence-electron chi connectivity index (χ2n) is 14.9. The molecule has 5 fully saturated rings. The highest BCUT2D eigenvalue weighted by Crippen LogP contribution is 2.89. The molecule has 0 aromatic rings. The Morgan fingerprint density at radius 1 is 0.882 bits per heavy atom. The standard InChI is InChI=1S/C32H52O2/c1-21(2)10-9-11-22(3)24-14-16-30(8)26-13-12-25-28(5,6)27(34-23(4)33)15-17-31(25)20-32(26,31)19-18-29(24,30)7/h10,22,24-27H,9,11-20H2,1-8H3/t22-,24-,25+,26-,27-,29-,30+,31-,32+/m1/s1. The van der Waals surface area contributed by atoms with Crippen LogP contribution >= 0.6 is 0 Å². The smallest absolute Gasteiger partial charge is 0.302 e. The van der Waals surface area contributed by atoms with E-state index in [1.165, 1.54) is 69.8 Å². The molecule has 2 spiro atoms. The maximum Gasteiger partial charge on any atom is 0.302 e. The number of carbonyl (C=O) groups is 1. The zero-order chi connectivity index (χ0) is 24.7. The zero-order valence-electron chi connectivity index (χ0n) is 23.6. The number of hydrogen-bond acceptors (Lipinski definition) is 2. The van der Waals surface area contributed by atoms with E-state index >= 15 is 0 Å². The summed E-state index contributed by atoms with van der Waals surface area (Å²) in [5.74, 6) is 3.27. The summed E-state index contributed by atoms with van der Waals surface area (Å²) in [5.41, 5.74) is 3.71. The molecule has 2 heteroatoms. The van der Waals surface area contributed by atoms with Gasteiger partial charge in [-0.2, -0.15) is 0 Å². The molecule has 0 amide bonds. The predicted octanol–water partition coefficient (Wildman–Crippen LogP) is 8.74. The van der Waals surface area contributed by atoms with Crippen LogP contribution in [-0.4, -0.2) is 12.1 Å². The van der Waals surface area contributed by atoms with E-state index < -0.39 is 0 Å². The predicted molar refractivity (Wildman–Crippen MR) is 140 cm³/mol. The van der Waals surface area contributed by atoms with Crippen LogP contribution in [0, 0.1) is 50.7 Å². The van der Waals surface area contributed by atoms with E-state index in [9.17, 15) is 4.79 Å². The molecule has 5 saturated carbocycles. The molecule has 0 unspecified atom stereocenters. The number of ether oxygens (including phenoxy) is 1. The van der Waals surface area contributed by atoms with Gasteiger partial charge in [-0.15, -0.1) is 0 Å². The lowest BCUT2D eigenvalue weighted by Crippen LogP contribution is -2.58. The molecule has 34 heavy (non-hydrogen) atoms. The van der Waals surface area contributed by atoms with Gasteiger partial charge in [-0.05, 0) is 130 Å². The first kappa shape index (κ1) is 24.9. The first-order valence-electron chi connectivity index (χ1n) is 14.6. The minimum absolute atomic E-state index is 0.0927. The number of hydrogen-bond donors (Lipinski definition) is 0. The van der Waals surface area contributed by atoms with E-state index in [4.69, 9.17) is 4.74 Å². The van der Waals surface area contributed by atoms with Crippen LogP contribution in [-0.2, 0) is 9.53 Å². The van der Waals surface area contributed by atoms with Gasteiger partial charge in [-0.25, -0.2) is 0 Å². The summed E-state index contributed by atoms with van der Waals surface area (Å²) < 4.78 is 5.90. The highest BCUT2D eigenvalue weighted by Gasteiger charge is 2.82. The molecule has 0 aliphatic heterocycles. The Kier molecular flexibility index (Phi) is 5.75. The first-order chi connectivity index (χ1) is 15.8. The average Bonchev–Trinajstić information content (AvgIpc) is 3.32. The average molecular weight is 469 g/mol. The third-order valence-corrected chi connectivity index (χ3v) is 13.3. The molecule has 192 valence electrons. The Bertz CT molecular complexity index is 866. The van der Waals surface area contributed by atoms with E-state index in [0.29, 0.717) is 21.7 Å². The Hall–Kier alpha value is -0.790. The molecular formula is C32H52O2. The van der Waals surface area contributed by atoms with Crippen LogP contribution in [0.25, 0.3) is 0 Å². The van der Waals surface area contributed by atoms with Crippen LogP contribution in [0.3, 0.4) is 0 Å². The molecule has 0 aromatic heterocycles. The van der Waals surface area contributed by atoms with E-state index in [1.54, 1.807) is 6.92 Å². The summed E-state index contributed by atoms with van der Waals surface area (Å²) in [5, 5.41) is 0. The van der Waals surface area contributed by atoms with Gasteiger partial charge in [0.05, 0.1) is 0 Å². The summed E-state index contributed by atoms with van der Waals surface area (Å²) in [6.45, 7) is 18.9. The molecule has 0 radical (unpaired) electrons. The van der Waals surface area contributed by atoms with Crippen LogP contribution in [0.4, 0.5) is 0 Å². The van der Waals surface area contributed by atoms with Gasteiger partial charge in [0, 0.05) is 12.3 Å². The monoisotopic (exact) mass is 468 g/mol. The third-order valence-electron chi connectivity index (χ3n) is 13.3. The van der Waals surface area contributed by atoms with Crippen LogP contribution in [0.1, 0.15) is 126 Å². The van der Waals surface area contributed by atoms with Crippen molar-refractivity contribution >= 4 is 5.97 Å². The van der Waals surface area contributed by atoms with Crippen molar-refractivity contribution in [2.45, 2.75) is 132 Å². The van der Waals surface area contributed by atoms with Gasteiger partial charge in [-0.3, -0.25) is 4.79 Å². The fourth-order valence-corrected chi connectivity index (χ4v) is 11.5. The summed E-state index contributed by atoms with van der Waals surface area (Å²) in [6, 6.07) is 0. The number of esters is 1. The topological polar surface area (TPSA) is 26.3 Å². The number of allylic oxidation sites excluding steroid dienone is 2. The molecule has 5 rings (SSSR count). The van der Waals surface area contributed by atoms with Crippen LogP contribution in [0.5, 0.6) is 0 Å². The second kappa shape index (κ2) is 7.85. The van der Waals surface area contributed by atoms with Gasteiger partial charge in [0.25, 0.3) is 0 Å². The second-order valence-corrected chi connectivity index (χ2v) is 14.9. The van der Waals surface area contributed by atoms with E-state index in [1.807, 2.05) is 0 Å². The maximum atomic E-state index is 11.8. The van der Waals surface area contributed by atoms with E-state index in [2.05, 4.69) is 54.5 Å². The highest BCUT2D eigenvalue weighted by molar-refractivity contribution is 5.66. The summed E-state index contributed by atoms with van der Waals surface area (Å²) in [4.78, 5) is 11.8. The quantitative estimate of drug-likeness (QED) is 0.298. The van der Waals surface area contributed by atoms with Crippen molar-refractivity contribution in [2.24, 2.45) is 50.7 Å². The van der Waals surface area contributed by atoms with Gasteiger partial charge in [0.15, 0.2) is 0 Å². The number of fused-ring (bicyclic) bond motifs is 2. The SMILES string of the molecule is CC(=O)O[C@@H]1CC[C@]23C[C@]24CC[C@]2(C)[C@@H]([C@H](C)CCC=C(C)C)CC[C@@]2(C)[C@H]4CC[C@H]3C1(C)C. The van der Waals surface area contributed by atoms with Crippen molar-refractivity contribution in [1.29, 1.82) is 0 Å². The molecule has 0 bridgehead atoms. The highest BCUT2D eigenvalue weighted by atomic mass is 16.5. The van der Waals surface area contributed by atoms with Crippen molar-refractivity contribution in [3.63, 3.8) is 0 Å². The van der Waals surface area contributed by atoms with Gasteiger partial charge in [0.2, 0.25) is 0 Å². The summed E-state index contributed by atoms with van der Waals surface area (Å²) in [6.07, 6.45) is 17.6. The van der Waals surface area contributed by atoms with Crippen LogP contribution < -0.4 is 0 Å². The maximum absolute atomic E-state index is 11.8. The third kappa shape index (κ3) is 3.14. The van der Waals surface area contributed by atoms with Crippen molar-refractivity contribution in [2.75, 3.05) is 0 Å². The Morgan fingerprint density at radius 3 is 2.24 bits per heavy atom. The van der Waals surface area contributed by atoms with Crippen molar-refractivity contribution in [1.82, 2.24) is 0 Å². The Balaban J connectivity index is 1.39. The lowest BCUT2D eigenvalue weighted by atomic mass is 9.41. The number of carbonyl (C=O) groups excluding carboxylic acids is 1. The van der Waals surface area contributed by atoms with Crippen LogP contribution in [0.15, 0.2) is 11.6 Å². The van der Waals surface area contributed by atoms with E-state index in [0.717, 1.165) is 30.1 Å². The molecular weight excluding hydrogens is 416 g/mol. The molecule has 0 saturated heterocycles. The molecule has 0 N–H and O–H groups in total. The molecule has 0 heterocycles. The first-order valence-corrected chi connectivity index (χ1v) is 14.6. The van der Waals surface area contributed by atoms with Crippen molar-refractivity contribution in [3.8, 4) is 0 Å². The van der Waals surface area contributed by atoms with Crippen LogP contribution in [0.2, 0.25) is 0 Å². The van der Waals surface area contributed by atoms with Gasteiger partial charge in [0.1, 0.15) is 6.10 Å². The van der Waals surface area contributed by atoms with Gasteiger partial charge >= 0.3 is 5.97 Å². The fraction of sp³-hybridized carbons (Fsp3) is 0.906. The summed E-state index contributed by atoms with van der Waals surface area (Å²) >= 11 is 0. The Morgan fingerprint density at radius 2 is 1.56 bits per heavy atom. The molecule has 5 aliphatic rings. The molecule has 9 atom stereocenters. The minimum Gasteiger partial charge on any atom is -0.462 e. The van der Waals surface area contributed by atoms with E-state index in [-0.39, 0.29) is 17.5 Å². The lowest BCUT2D eigenvalue weighted by molar-refractivity contribution is -0.181. The van der Waals surface area contributed by atoms with Gasteiger partial charge in [-0.1, -0.05) is 46.3 Å². The molecule has 5 aliphatic carbocycles. The summed E-state index contributed by atoms with van der Waals surface area (Å²) in [7, 11) is 0. The number of rotatable bonds is 5. The zero-order valence-corrected chi connectivity index (χ0v) is 23.6.